The Labute approximate surface area is 252 Å². The van der Waals surface area contributed by atoms with E-state index in [2.05, 4.69) is 36.5 Å². The Kier molecular flexibility index (Phi) is 17.3. The van der Waals surface area contributed by atoms with Gasteiger partial charge in [-0.25, -0.2) is 4.79 Å². The molecule has 0 unspecified atom stereocenters. The molecule has 1 aliphatic heterocycles. The average Bonchev–Trinajstić information content (AvgIpc) is 3.30. The minimum atomic E-state index is -0.398. The Bertz CT molecular complexity index is 999. The molecule has 230 valence electrons. The number of esters is 1. The second-order valence-electron chi connectivity index (χ2n) is 11.1. The molecule has 0 aliphatic carbocycles. The van der Waals surface area contributed by atoms with Crippen molar-refractivity contribution in [3.63, 3.8) is 0 Å². The topological polar surface area (TPSA) is 79.0 Å². The van der Waals surface area contributed by atoms with Gasteiger partial charge in [0.05, 0.1) is 18.7 Å². The minimum Gasteiger partial charge on any atom is -0.462 e. The van der Waals surface area contributed by atoms with E-state index in [1.165, 1.54) is 49.9 Å². The molecule has 1 aromatic rings. The van der Waals surface area contributed by atoms with Crippen LogP contribution in [-0.4, -0.2) is 61.4 Å². The van der Waals surface area contributed by atoms with Crippen LogP contribution < -0.4 is 5.32 Å². The molecule has 0 atom stereocenters. The van der Waals surface area contributed by atoms with Crippen molar-refractivity contribution in [2.45, 2.75) is 110 Å². The number of nitrogens with one attached hydrogen (secondary N) is 1. The van der Waals surface area contributed by atoms with Crippen LogP contribution in [0.25, 0.3) is 0 Å². The summed E-state index contributed by atoms with van der Waals surface area (Å²) >= 11 is 1.41. The highest BCUT2D eigenvalue weighted by atomic mass is 32.1. The van der Waals surface area contributed by atoms with Crippen molar-refractivity contribution in [3.05, 3.63) is 40.3 Å². The number of thiophene rings is 1. The lowest BCUT2D eigenvalue weighted by atomic mass is 10.0. The van der Waals surface area contributed by atoms with Crippen LogP contribution in [0.2, 0.25) is 0 Å². The molecule has 1 aliphatic rings. The molecule has 2 amide bonds. The monoisotopic (exact) mass is 587 g/mol. The third-order valence-electron chi connectivity index (χ3n) is 7.27. The molecule has 0 fully saturated rings. The second kappa shape index (κ2) is 20.4. The molecule has 2 heterocycles. The molecular weight excluding hydrogens is 534 g/mol. The SMILES string of the molecule is CCCCC/C=C\C/C=C\CCCCCCCC(=O)Nc1sc2c(c1C(=O)OCC)CCN(C(=O)CCN(C)C)C2. The van der Waals surface area contributed by atoms with Crippen molar-refractivity contribution in [1.29, 1.82) is 0 Å². The van der Waals surface area contributed by atoms with Crippen molar-refractivity contribution in [2.75, 3.05) is 39.1 Å². The molecule has 8 heteroatoms. The van der Waals surface area contributed by atoms with Gasteiger partial charge < -0.3 is 19.9 Å². The molecule has 0 bridgehead atoms. The first-order valence-electron chi connectivity index (χ1n) is 15.7. The molecule has 1 aromatic heterocycles. The van der Waals surface area contributed by atoms with Gasteiger partial charge in [0.15, 0.2) is 0 Å². The molecule has 0 saturated heterocycles. The van der Waals surface area contributed by atoms with Crippen LogP contribution in [0.5, 0.6) is 0 Å². The summed E-state index contributed by atoms with van der Waals surface area (Å²) in [7, 11) is 3.91. The van der Waals surface area contributed by atoms with Gasteiger partial charge in [-0.2, -0.15) is 0 Å². The van der Waals surface area contributed by atoms with Crippen molar-refractivity contribution in [1.82, 2.24) is 9.80 Å². The smallest absolute Gasteiger partial charge is 0.341 e. The normalized spacial score (nSPS) is 13.3. The number of allylic oxidation sites excluding steroid dienone is 4. The summed E-state index contributed by atoms with van der Waals surface area (Å²) in [5.74, 6) is -0.356. The van der Waals surface area contributed by atoms with Gasteiger partial charge in [-0.15, -0.1) is 11.3 Å². The maximum absolute atomic E-state index is 12.8. The average molecular weight is 588 g/mol. The number of nitrogens with zero attached hydrogens (tertiary/aromatic N) is 2. The minimum absolute atomic E-state index is 0.0706. The molecule has 0 saturated carbocycles. The van der Waals surface area contributed by atoms with E-state index in [0.717, 1.165) is 42.5 Å². The highest BCUT2D eigenvalue weighted by Crippen LogP contribution is 2.38. The summed E-state index contributed by atoms with van der Waals surface area (Å²) in [5, 5.41) is 3.55. The summed E-state index contributed by atoms with van der Waals surface area (Å²) < 4.78 is 5.33. The lowest BCUT2D eigenvalue weighted by Gasteiger charge is -2.27. The fourth-order valence-electron chi connectivity index (χ4n) is 4.89. The maximum atomic E-state index is 12.8. The van der Waals surface area contributed by atoms with Crippen LogP contribution in [0.4, 0.5) is 5.00 Å². The quantitative estimate of drug-likeness (QED) is 0.0970. The van der Waals surface area contributed by atoms with E-state index in [0.29, 0.717) is 49.5 Å². The summed E-state index contributed by atoms with van der Waals surface area (Å²) in [5.41, 5.74) is 1.39. The van der Waals surface area contributed by atoms with Crippen molar-refractivity contribution in [2.24, 2.45) is 0 Å². The Morgan fingerprint density at radius 3 is 2.29 bits per heavy atom. The third-order valence-corrected chi connectivity index (χ3v) is 8.40. The van der Waals surface area contributed by atoms with E-state index in [9.17, 15) is 14.4 Å². The van der Waals surface area contributed by atoms with E-state index >= 15 is 0 Å². The van der Waals surface area contributed by atoms with E-state index in [1.54, 1.807) is 6.92 Å². The summed E-state index contributed by atoms with van der Waals surface area (Å²) in [6.45, 7) is 6.04. The largest absolute Gasteiger partial charge is 0.462 e. The summed E-state index contributed by atoms with van der Waals surface area (Å²) in [6, 6.07) is 0. The molecule has 2 rings (SSSR count). The lowest BCUT2D eigenvalue weighted by molar-refractivity contribution is -0.132. The lowest BCUT2D eigenvalue weighted by Crippen LogP contribution is -2.37. The highest BCUT2D eigenvalue weighted by Gasteiger charge is 2.30. The first-order chi connectivity index (χ1) is 19.9. The summed E-state index contributed by atoms with van der Waals surface area (Å²) in [4.78, 5) is 43.1. The van der Waals surface area contributed by atoms with Crippen molar-refractivity contribution < 1.29 is 19.1 Å². The van der Waals surface area contributed by atoms with Gasteiger partial charge in [-0.3, -0.25) is 9.59 Å². The first kappa shape index (κ1) is 34.7. The number of anilines is 1. The zero-order valence-electron chi connectivity index (χ0n) is 26.0. The van der Waals surface area contributed by atoms with Crippen LogP contribution in [0, 0.1) is 0 Å². The Balaban J connectivity index is 1.74. The van der Waals surface area contributed by atoms with Gasteiger partial charge in [0, 0.05) is 30.8 Å². The summed E-state index contributed by atoms with van der Waals surface area (Å²) in [6.07, 6.45) is 23.2. The van der Waals surface area contributed by atoms with Crippen LogP contribution in [0.15, 0.2) is 24.3 Å². The fraction of sp³-hybridized carbons (Fsp3) is 0.667. The fourth-order valence-corrected chi connectivity index (χ4v) is 6.15. The first-order valence-corrected chi connectivity index (χ1v) is 16.5. The molecular formula is C33H53N3O4S. The number of carbonyl (C=O) groups excluding carboxylic acids is 3. The molecule has 7 nitrogen and oxygen atoms in total. The Hall–Kier alpha value is -2.45. The number of ether oxygens (including phenoxy) is 1. The number of rotatable bonds is 20. The molecule has 41 heavy (non-hydrogen) atoms. The standard InChI is InChI=1S/C33H53N3O4S/c1-5-7-8-9-10-11-12-13-14-15-16-17-18-19-20-21-29(37)34-32-31(33(39)40-6-2)27-22-25-36(26-28(27)41-32)30(38)23-24-35(3)4/h10-11,13-14H,5-9,12,15-26H2,1-4H3,(H,34,37)/b11-10-,14-13-. The van der Waals surface area contributed by atoms with E-state index in [1.807, 2.05) is 23.9 Å². The van der Waals surface area contributed by atoms with E-state index in [4.69, 9.17) is 4.74 Å². The number of carbonyl (C=O) groups is 3. The van der Waals surface area contributed by atoms with Crippen LogP contribution in [0.1, 0.15) is 118 Å². The molecule has 0 aromatic carbocycles. The number of unbranched alkanes of at least 4 members (excludes halogenated alkanes) is 8. The zero-order valence-corrected chi connectivity index (χ0v) is 26.8. The highest BCUT2D eigenvalue weighted by molar-refractivity contribution is 7.17. The van der Waals surface area contributed by atoms with Gasteiger partial charge >= 0.3 is 5.97 Å². The van der Waals surface area contributed by atoms with Gasteiger partial charge in [0.2, 0.25) is 11.8 Å². The van der Waals surface area contributed by atoms with Gasteiger partial charge in [-0.1, -0.05) is 63.3 Å². The van der Waals surface area contributed by atoms with Crippen LogP contribution >= 0.6 is 11.3 Å². The predicted molar refractivity (Wildman–Crippen MR) is 171 cm³/mol. The molecule has 1 N–H and O–H groups in total. The van der Waals surface area contributed by atoms with Gasteiger partial charge in [0.1, 0.15) is 5.00 Å². The van der Waals surface area contributed by atoms with Crippen molar-refractivity contribution in [3.8, 4) is 0 Å². The zero-order chi connectivity index (χ0) is 29.9. The second-order valence-corrected chi connectivity index (χ2v) is 12.2. The van der Waals surface area contributed by atoms with Crippen LogP contribution in [0.3, 0.4) is 0 Å². The number of hydrogen-bond donors (Lipinski definition) is 1. The number of hydrogen-bond acceptors (Lipinski definition) is 6. The van der Waals surface area contributed by atoms with E-state index < -0.39 is 5.97 Å². The molecule has 0 spiro atoms. The Morgan fingerprint density at radius 2 is 1.61 bits per heavy atom. The number of fused-ring (bicyclic) bond motifs is 1. The molecule has 0 radical (unpaired) electrons. The predicted octanol–water partition coefficient (Wildman–Crippen LogP) is 7.51. The Morgan fingerprint density at radius 1 is 0.927 bits per heavy atom. The number of amides is 2. The maximum Gasteiger partial charge on any atom is 0.341 e. The van der Waals surface area contributed by atoms with Crippen molar-refractivity contribution >= 4 is 34.1 Å². The van der Waals surface area contributed by atoms with Gasteiger partial charge in [-0.05, 0) is 71.5 Å². The van der Waals surface area contributed by atoms with E-state index in [-0.39, 0.29) is 18.4 Å². The van der Waals surface area contributed by atoms with Crippen LogP contribution in [-0.2, 0) is 27.3 Å². The third kappa shape index (κ3) is 13.4. The van der Waals surface area contributed by atoms with Gasteiger partial charge in [0.25, 0.3) is 0 Å².